The number of nitrogens with zero attached hydrogens (tertiary/aromatic N) is 2. The van der Waals surface area contributed by atoms with Crippen LogP contribution in [0, 0.1) is 5.92 Å². The summed E-state index contributed by atoms with van der Waals surface area (Å²) in [7, 11) is 0. The van der Waals surface area contributed by atoms with Crippen LogP contribution >= 0.6 is 11.6 Å². The zero-order valence-corrected chi connectivity index (χ0v) is 13.8. The molecule has 1 aromatic rings. The number of halogens is 1. The lowest BCUT2D eigenvalue weighted by Gasteiger charge is -2.22. The molecule has 0 bridgehead atoms. The molecular weight excluding hydrogens is 310 g/mol. The Labute approximate surface area is 134 Å². The smallest absolute Gasteiger partial charge is 0.343 e. The third kappa shape index (κ3) is 4.84. The number of aromatic nitrogens is 2. The van der Waals surface area contributed by atoms with Crippen molar-refractivity contribution in [2.24, 2.45) is 5.92 Å². The maximum absolute atomic E-state index is 12.0. The van der Waals surface area contributed by atoms with Crippen molar-refractivity contribution < 1.29 is 19.1 Å². The zero-order chi connectivity index (χ0) is 16.7. The molecule has 1 heterocycles. The Hall–Kier alpha value is -1.89. The largest absolute Gasteiger partial charge is 0.464 e. The second-order valence-electron chi connectivity index (χ2n) is 4.74. The molecule has 0 aliphatic carbocycles. The highest BCUT2D eigenvalue weighted by Gasteiger charge is 2.26. The zero-order valence-electron chi connectivity index (χ0n) is 13.1. The monoisotopic (exact) mass is 329 g/mol. The van der Waals surface area contributed by atoms with Crippen LogP contribution in [0.2, 0.25) is 5.28 Å². The second-order valence-corrected chi connectivity index (χ2v) is 5.08. The van der Waals surface area contributed by atoms with Gasteiger partial charge in [0.25, 0.3) is 0 Å². The van der Waals surface area contributed by atoms with E-state index in [1.165, 1.54) is 6.20 Å². The summed E-state index contributed by atoms with van der Waals surface area (Å²) in [6.07, 6.45) is 1.26. The molecule has 0 aliphatic rings. The molecule has 1 N–H and O–H groups in total. The van der Waals surface area contributed by atoms with Gasteiger partial charge in [-0.25, -0.2) is 14.6 Å². The summed E-state index contributed by atoms with van der Waals surface area (Å²) in [5, 5.41) is 2.86. The van der Waals surface area contributed by atoms with Crippen molar-refractivity contribution in [3.63, 3.8) is 0 Å². The van der Waals surface area contributed by atoms with Gasteiger partial charge < -0.3 is 14.8 Å². The van der Waals surface area contributed by atoms with Crippen molar-refractivity contribution in [2.45, 2.75) is 33.7 Å². The van der Waals surface area contributed by atoms with Crippen molar-refractivity contribution in [1.29, 1.82) is 0 Å². The fraction of sp³-hybridized carbons (Fsp3) is 0.571. The Morgan fingerprint density at radius 2 is 1.91 bits per heavy atom. The lowest BCUT2D eigenvalue weighted by atomic mass is 10.0. The molecule has 0 aromatic carbocycles. The highest BCUT2D eigenvalue weighted by molar-refractivity contribution is 6.28. The van der Waals surface area contributed by atoms with Crippen molar-refractivity contribution in [3.8, 4) is 0 Å². The summed E-state index contributed by atoms with van der Waals surface area (Å²) in [4.78, 5) is 31.7. The molecule has 0 fully saturated rings. The van der Waals surface area contributed by atoms with Crippen LogP contribution in [0.4, 0.5) is 5.82 Å². The average Bonchev–Trinajstić information content (AvgIpc) is 2.44. The highest BCUT2D eigenvalue weighted by Crippen LogP contribution is 2.19. The van der Waals surface area contributed by atoms with Crippen LogP contribution in [0.5, 0.6) is 0 Å². The Bertz CT molecular complexity index is 537. The molecule has 0 saturated carbocycles. The lowest BCUT2D eigenvalue weighted by molar-refractivity contribution is -0.145. The summed E-state index contributed by atoms with van der Waals surface area (Å²) in [6.45, 7) is 7.59. The van der Waals surface area contributed by atoms with Crippen LogP contribution in [0.15, 0.2) is 6.20 Å². The topological polar surface area (TPSA) is 90.4 Å². The van der Waals surface area contributed by atoms with Gasteiger partial charge in [0.2, 0.25) is 5.28 Å². The SMILES string of the molecule is CCOC(=O)c1cnc(Cl)nc1NC(C(=O)OCC)C(C)C. The van der Waals surface area contributed by atoms with Gasteiger partial charge in [-0.2, -0.15) is 4.98 Å². The molecule has 0 aliphatic heterocycles. The number of hydrogen-bond acceptors (Lipinski definition) is 7. The van der Waals surface area contributed by atoms with Gasteiger partial charge in [0, 0.05) is 6.20 Å². The van der Waals surface area contributed by atoms with Crippen molar-refractivity contribution in [2.75, 3.05) is 18.5 Å². The van der Waals surface area contributed by atoms with Crippen LogP contribution in [0.3, 0.4) is 0 Å². The van der Waals surface area contributed by atoms with E-state index in [-0.39, 0.29) is 35.8 Å². The summed E-state index contributed by atoms with van der Waals surface area (Å²) in [5.74, 6) is -0.955. The fourth-order valence-electron chi connectivity index (χ4n) is 1.71. The molecule has 1 aromatic heterocycles. The molecule has 1 atom stereocenters. The fourth-order valence-corrected chi connectivity index (χ4v) is 1.84. The Balaban J connectivity index is 3.10. The predicted molar refractivity (Wildman–Crippen MR) is 81.9 cm³/mol. The number of hydrogen-bond donors (Lipinski definition) is 1. The van der Waals surface area contributed by atoms with Gasteiger partial charge in [0.1, 0.15) is 17.4 Å². The van der Waals surface area contributed by atoms with E-state index in [9.17, 15) is 9.59 Å². The van der Waals surface area contributed by atoms with E-state index in [1.54, 1.807) is 13.8 Å². The quantitative estimate of drug-likeness (QED) is 0.606. The molecule has 0 saturated heterocycles. The normalized spacial score (nSPS) is 11.9. The number of nitrogens with one attached hydrogen (secondary N) is 1. The third-order valence-corrected chi connectivity index (χ3v) is 2.94. The molecule has 8 heteroatoms. The minimum absolute atomic E-state index is 0.0399. The molecule has 0 radical (unpaired) electrons. The summed E-state index contributed by atoms with van der Waals surface area (Å²) < 4.78 is 9.96. The number of carbonyl (C=O) groups is 2. The molecule has 22 heavy (non-hydrogen) atoms. The number of ether oxygens (including phenoxy) is 2. The van der Waals surface area contributed by atoms with E-state index in [0.717, 1.165) is 0 Å². The van der Waals surface area contributed by atoms with Gasteiger partial charge in [-0.15, -0.1) is 0 Å². The van der Waals surface area contributed by atoms with Gasteiger partial charge in [0.05, 0.1) is 13.2 Å². The first-order valence-corrected chi connectivity index (χ1v) is 7.41. The average molecular weight is 330 g/mol. The summed E-state index contributed by atoms with van der Waals surface area (Å²) in [5.41, 5.74) is 0.112. The molecule has 7 nitrogen and oxygen atoms in total. The molecule has 0 spiro atoms. The Morgan fingerprint density at radius 3 is 2.45 bits per heavy atom. The van der Waals surface area contributed by atoms with E-state index in [4.69, 9.17) is 21.1 Å². The first-order chi connectivity index (χ1) is 10.4. The second kappa shape index (κ2) is 8.53. The third-order valence-electron chi connectivity index (χ3n) is 2.75. The van der Waals surface area contributed by atoms with Gasteiger partial charge in [-0.1, -0.05) is 13.8 Å². The Kier molecular flexibility index (Phi) is 7.04. The first-order valence-electron chi connectivity index (χ1n) is 7.03. The predicted octanol–water partition coefficient (Wildman–Crippen LogP) is 2.31. The van der Waals surface area contributed by atoms with E-state index in [0.29, 0.717) is 0 Å². The molecule has 122 valence electrons. The van der Waals surface area contributed by atoms with E-state index in [1.807, 2.05) is 13.8 Å². The van der Waals surface area contributed by atoms with E-state index < -0.39 is 18.0 Å². The van der Waals surface area contributed by atoms with E-state index in [2.05, 4.69) is 15.3 Å². The van der Waals surface area contributed by atoms with Crippen LogP contribution in [-0.2, 0) is 14.3 Å². The van der Waals surface area contributed by atoms with Crippen molar-refractivity contribution in [3.05, 3.63) is 17.0 Å². The lowest BCUT2D eigenvalue weighted by Crippen LogP contribution is -2.37. The number of rotatable bonds is 7. The van der Waals surface area contributed by atoms with Crippen LogP contribution < -0.4 is 5.32 Å². The molecular formula is C14H20ClN3O4. The standard InChI is InChI=1S/C14H20ClN3O4/c1-5-21-12(19)9-7-16-14(15)18-11(9)17-10(8(3)4)13(20)22-6-2/h7-8,10H,5-6H2,1-4H3,(H,16,17,18). The molecule has 0 amide bonds. The van der Waals surface area contributed by atoms with Gasteiger partial charge in [-0.3, -0.25) is 0 Å². The van der Waals surface area contributed by atoms with Crippen molar-refractivity contribution in [1.82, 2.24) is 9.97 Å². The number of anilines is 1. The maximum Gasteiger partial charge on any atom is 0.343 e. The van der Waals surface area contributed by atoms with E-state index >= 15 is 0 Å². The van der Waals surface area contributed by atoms with Crippen LogP contribution in [0.25, 0.3) is 0 Å². The van der Waals surface area contributed by atoms with Gasteiger partial charge >= 0.3 is 11.9 Å². The summed E-state index contributed by atoms with van der Waals surface area (Å²) >= 11 is 5.77. The van der Waals surface area contributed by atoms with Gasteiger partial charge in [0.15, 0.2) is 0 Å². The maximum atomic E-state index is 12.0. The minimum atomic E-state index is -0.668. The van der Waals surface area contributed by atoms with Gasteiger partial charge in [-0.05, 0) is 31.4 Å². The van der Waals surface area contributed by atoms with Crippen LogP contribution in [-0.4, -0.2) is 41.2 Å². The molecule has 1 rings (SSSR count). The first kappa shape index (κ1) is 18.2. The van der Waals surface area contributed by atoms with Crippen LogP contribution in [0.1, 0.15) is 38.1 Å². The Morgan fingerprint density at radius 1 is 1.27 bits per heavy atom. The highest BCUT2D eigenvalue weighted by atomic mass is 35.5. The van der Waals surface area contributed by atoms with Crippen molar-refractivity contribution >= 4 is 29.4 Å². The summed E-state index contributed by atoms with van der Waals surface area (Å²) in [6, 6.07) is -0.668. The minimum Gasteiger partial charge on any atom is -0.464 e. The molecule has 1 unspecified atom stereocenters. The number of carbonyl (C=O) groups excluding carboxylic acids is 2. The number of esters is 2.